The van der Waals surface area contributed by atoms with E-state index in [1.54, 1.807) is 4.90 Å². The summed E-state index contributed by atoms with van der Waals surface area (Å²) in [6.45, 7) is 2.45. The van der Waals surface area contributed by atoms with E-state index >= 15 is 0 Å². The third-order valence-corrected chi connectivity index (χ3v) is 4.55. The highest BCUT2D eigenvalue weighted by atomic mass is 16.7. The van der Waals surface area contributed by atoms with E-state index in [0.717, 1.165) is 16.9 Å². The Hall–Kier alpha value is -3.22. The fourth-order valence-corrected chi connectivity index (χ4v) is 2.95. The number of fused-ring (bicyclic) bond motifs is 1. The van der Waals surface area contributed by atoms with E-state index in [-0.39, 0.29) is 25.0 Å². The summed E-state index contributed by atoms with van der Waals surface area (Å²) in [5.74, 6) is 1.19. The molecule has 2 aromatic carbocycles. The van der Waals surface area contributed by atoms with Gasteiger partial charge in [-0.1, -0.05) is 6.07 Å². The zero-order valence-electron chi connectivity index (χ0n) is 16.4. The highest BCUT2D eigenvalue weighted by Crippen LogP contribution is 2.32. The number of nitrogens with zero attached hydrogens (tertiary/aromatic N) is 2. The van der Waals surface area contributed by atoms with E-state index in [0.29, 0.717) is 24.6 Å². The Morgan fingerprint density at radius 2 is 1.68 bits per heavy atom. The Balaban J connectivity index is 1.53. The van der Waals surface area contributed by atoms with E-state index in [2.05, 4.69) is 5.32 Å². The predicted molar refractivity (Wildman–Crippen MR) is 108 cm³/mol. The number of hydrogen-bond donors (Lipinski definition) is 1. The lowest BCUT2D eigenvalue weighted by molar-refractivity contribution is -0.121. The number of rotatable bonds is 7. The van der Waals surface area contributed by atoms with Crippen LogP contribution in [0.3, 0.4) is 0 Å². The number of benzene rings is 2. The minimum Gasteiger partial charge on any atom is -0.454 e. The lowest BCUT2D eigenvalue weighted by Crippen LogP contribution is -2.33. The first-order valence-electron chi connectivity index (χ1n) is 9.15. The molecular weight excluding hydrogens is 358 g/mol. The number of hydrogen-bond acceptors (Lipinski definition) is 5. The van der Waals surface area contributed by atoms with Gasteiger partial charge in [-0.15, -0.1) is 0 Å². The molecule has 0 atom stereocenters. The molecule has 2 amide bonds. The third-order valence-electron chi connectivity index (χ3n) is 4.55. The largest absolute Gasteiger partial charge is 0.454 e. The van der Waals surface area contributed by atoms with Gasteiger partial charge in [0.25, 0.3) is 0 Å². The number of nitrogens with one attached hydrogen (secondary N) is 1. The van der Waals surface area contributed by atoms with Crippen LogP contribution >= 0.6 is 0 Å². The summed E-state index contributed by atoms with van der Waals surface area (Å²) in [5, 5.41) is 2.88. The van der Waals surface area contributed by atoms with Gasteiger partial charge in [-0.3, -0.25) is 9.59 Å². The fourth-order valence-electron chi connectivity index (χ4n) is 2.95. The molecule has 7 heteroatoms. The lowest BCUT2D eigenvalue weighted by Gasteiger charge is -2.22. The second kappa shape index (κ2) is 8.65. The minimum atomic E-state index is -0.117. The van der Waals surface area contributed by atoms with E-state index < -0.39 is 0 Å². The molecule has 0 bridgehead atoms. The fraction of sp³-hybridized carbons (Fsp3) is 0.333. The molecule has 148 valence electrons. The standard InChI is InChI=1S/C21H25N3O4/c1-15(25)24(18-7-5-17(6-8-18)23(2)3)11-10-21(26)22-13-16-4-9-19-20(12-16)28-14-27-19/h4-9,12H,10-11,13-14H2,1-3H3,(H,22,26). The van der Waals surface area contributed by atoms with Gasteiger partial charge in [0.2, 0.25) is 18.6 Å². The number of carbonyl (C=O) groups is 2. The molecule has 0 saturated carbocycles. The van der Waals surface area contributed by atoms with Crippen molar-refractivity contribution in [1.29, 1.82) is 0 Å². The van der Waals surface area contributed by atoms with Crippen molar-refractivity contribution in [3.05, 3.63) is 48.0 Å². The van der Waals surface area contributed by atoms with Crippen molar-refractivity contribution in [3.63, 3.8) is 0 Å². The summed E-state index contributed by atoms with van der Waals surface area (Å²) in [5.41, 5.74) is 2.76. The predicted octanol–water partition coefficient (Wildman–Crippen LogP) is 2.54. The quantitative estimate of drug-likeness (QED) is 0.796. The molecule has 28 heavy (non-hydrogen) atoms. The smallest absolute Gasteiger partial charge is 0.231 e. The third kappa shape index (κ3) is 4.73. The van der Waals surface area contributed by atoms with Crippen LogP contribution in [0.5, 0.6) is 11.5 Å². The summed E-state index contributed by atoms with van der Waals surface area (Å²) in [7, 11) is 3.92. The molecule has 1 aliphatic heterocycles. The van der Waals surface area contributed by atoms with Gasteiger partial charge in [0.15, 0.2) is 11.5 Å². The van der Waals surface area contributed by atoms with Crippen LogP contribution in [-0.2, 0) is 16.1 Å². The van der Waals surface area contributed by atoms with E-state index in [1.807, 2.05) is 61.5 Å². The van der Waals surface area contributed by atoms with E-state index in [9.17, 15) is 9.59 Å². The monoisotopic (exact) mass is 383 g/mol. The summed E-state index contributed by atoms with van der Waals surface area (Å²) in [6.07, 6.45) is 0.222. The molecule has 7 nitrogen and oxygen atoms in total. The Morgan fingerprint density at radius 3 is 2.36 bits per heavy atom. The zero-order chi connectivity index (χ0) is 20.1. The van der Waals surface area contributed by atoms with Crippen molar-refractivity contribution >= 4 is 23.2 Å². The molecule has 3 rings (SSSR count). The Kier molecular flexibility index (Phi) is 6.03. The van der Waals surface area contributed by atoms with Crippen molar-refractivity contribution in [2.24, 2.45) is 0 Å². The number of amides is 2. The normalized spacial score (nSPS) is 11.8. The summed E-state index contributed by atoms with van der Waals surface area (Å²) in [4.78, 5) is 27.9. The Morgan fingerprint density at radius 1 is 1.00 bits per heavy atom. The summed E-state index contributed by atoms with van der Waals surface area (Å²) >= 11 is 0. The first kappa shape index (κ1) is 19.5. The molecule has 0 radical (unpaired) electrons. The highest BCUT2D eigenvalue weighted by Gasteiger charge is 2.15. The molecule has 0 saturated heterocycles. The average Bonchev–Trinajstić information content (AvgIpc) is 3.14. The maximum Gasteiger partial charge on any atom is 0.231 e. The maximum absolute atomic E-state index is 12.2. The zero-order valence-corrected chi connectivity index (χ0v) is 16.4. The summed E-state index contributed by atoms with van der Waals surface area (Å²) < 4.78 is 10.6. The van der Waals surface area contributed by atoms with Gasteiger partial charge in [-0.05, 0) is 42.0 Å². The van der Waals surface area contributed by atoms with Crippen LogP contribution in [0.15, 0.2) is 42.5 Å². The van der Waals surface area contributed by atoms with E-state index in [4.69, 9.17) is 9.47 Å². The van der Waals surface area contributed by atoms with Crippen LogP contribution in [0.25, 0.3) is 0 Å². The molecule has 2 aromatic rings. The van der Waals surface area contributed by atoms with Gasteiger partial charge in [-0.2, -0.15) is 0 Å². The Labute approximate surface area is 164 Å². The second-order valence-corrected chi connectivity index (χ2v) is 6.80. The SMILES string of the molecule is CC(=O)N(CCC(=O)NCc1ccc2c(c1)OCO2)c1ccc(N(C)C)cc1. The maximum atomic E-state index is 12.2. The lowest BCUT2D eigenvalue weighted by atomic mass is 10.2. The van der Waals surface area contributed by atoms with Crippen molar-refractivity contribution in [2.75, 3.05) is 37.2 Å². The van der Waals surface area contributed by atoms with Gasteiger partial charge in [0, 0.05) is 51.9 Å². The minimum absolute atomic E-state index is 0.0961. The van der Waals surface area contributed by atoms with Gasteiger partial charge in [0.05, 0.1) is 0 Å². The van der Waals surface area contributed by atoms with Crippen LogP contribution in [0.4, 0.5) is 11.4 Å². The highest BCUT2D eigenvalue weighted by molar-refractivity contribution is 5.92. The van der Waals surface area contributed by atoms with Gasteiger partial charge in [0.1, 0.15) is 0 Å². The number of ether oxygens (including phenoxy) is 2. The number of anilines is 2. The molecule has 1 N–H and O–H groups in total. The molecule has 0 unspecified atom stereocenters. The molecule has 0 aliphatic carbocycles. The van der Waals surface area contributed by atoms with Crippen LogP contribution in [-0.4, -0.2) is 39.2 Å². The molecular formula is C21H25N3O4. The number of carbonyl (C=O) groups excluding carboxylic acids is 2. The van der Waals surface area contributed by atoms with Crippen LogP contribution in [0, 0.1) is 0 Å². The first-order chi connectivity index (χ1) is 13.4. The van der Waals surface area contributed by atoms with Crippen molar-refractivity contribution in [1.82, 2.24) is 5.32 Å². The van der Waals surface area contributed by atoms with Crippen molar-refractivity contribution in [2.45, 2.75) is 19.9 Å². The van der Waals surface area contributed by atoms with Crippen LogP contribution in [0.1, 0.15) is 18.9 Å². The molecule has 0 aromatic heterocycles. The molecule has 1 aliphatic rings. The van der Waals surface area contributed by atoms with Crippen LogP contribution < -0.4 is 24.6 Å². The molecule has 0 fully saturated rings. The van der Waals surface area contributed by atoms with Crippen LogP contribution in [0.2, 0.25) is 0 Å². The molecule has 1 heterocycles. The van der Waals surface area contributed by atoms with Crippen molar-refractivity contribution in [3.8, 4) is 11.5 Å². The average molecular weight is 383 g/mol. The van der Waals surface area contributed by atoms with Crippen molar-refractivity contribution < 1.29 is 19.1 Å². The summed E-state index contributed by atoms with van der Waals surface area (Å²) in [6, 6.07) is 13.3. The van der Waals surface area contributed by atoms with Gasteiger partial charge in [-0.25, -0.2) is 0 Å². The topological polar surface area (TPSA) is 71.1 Å². The molecule has 0 spiro atoms. The van der Waals surface area contributed by atoms with Gasteiger partial charge < -0.3 is 24.6 Å². The van der Waals surface area contributed by atoms with E-state index in [1.165, 1.54) is 6.92 Å². The van der Waals surface area contributed by atoms with Gasteiger partial charge >= 0.3 is 0 Å². The Bertz CT molecular complexity index is 849. The second-order valence-electron chi connectivity index (χ2n) is 6.80. The first-order valence-corrected chi connectivity index (χ1v) is 9.15.